The first-order chi connectivity index (χ1) is 14.4. The van der Waals surface area contributed by atoms with Crippen LogP contribution in [0.4, 0.5) is 5.13 Å². The van der Waals surface area contributed by atoms with Gasteiger partial charge in [-0.05, 0) is 73.1 Å². The van der Waals surface area contributed by atoms with Crippen molar-refractivity contribution in [3.05, 3.63) is 81.3 Å². The zero-order chi connectivity index (χ0) is 21.3. The summed E-state index contributed by atoms with van der Waals surface area (Å²) in [6.45, 7) is 6.26. The Kier molecular flexibility index (Phi) is 5.74. The molecule has 4 aromatic rings. The molecule has 1 amide bonds. The molecule has 0 unspecified atom stereocenters. The van der Waals surface area contributed by atoms with E-state index < -0.39 is 0 Å². The summed E-state index contributed by atoms with van der Waals surface area (Å²) < 4.78 is 8.19. The molecule has 0 aliphatic carbocycles. The van der Waals surface area contributed by atoms with E-state index in [9.17, 15) is 4.79 Å². The van der Waals surface area contributed by atoms with Gasteiger partial charge in [0, 0.05) is 34.1 Å². The first kappa shape index (κ1) is 20.4. The highest BCUT2D eigenvalue weighted by atomic mass is 79.9. The Morgan fingerprint density at radius 1 is 1.17 bits per heavy atom. The number of rotatable bonds is 5. The third kappa shape index (κ3) is 4.32. The Bertz CT molecular complexity index is 1230. The molecule has 3 aromatic heterocycles. The van der Waals surface area contributed by atoms with E-state index in [0.717, 1.165) is 28.3 Å². The van der Waals surface area contributed by atoms with Crippen LogP contribution in [0.2, 0.25) is 0 Å². The van der Waals surface area contributed by atoms with Gasteiger partial charge in [-0.3, -0.25) is 10.1 Å². The second kappa shape index (κ2) is 8.45. The van der Waals surface area contributed by atoms with Crippen LogP contribution in [0.25, 0.3) is 23.0 Å². The summed E-state index contributed by atoms with van der Waals surface area (Å²) in [6.07, 6.45) is 3.04. The highest BCUT2D eigenvalue weighted by Gasteiger charge is 2.15. The summed E-state index contributed by atoms with van der Waals surface area (Å²) in [5.74, 6) is 0.342. The summed E-state index contributed by atoms with van der Waals surface area (Å²) >= 11 is 4.64. The lowest BCUT2D eigenvalue weighted by Gasteiger charge is -2.10. The van der Waals surface area contributed by atoms with Gasteiger partial charge in [0.25, 0.3) is 0 Å². The number of furan rings is 1. The minimum absolute atomic E-state index is 0.256. The van der Waals surface area contributed by atoms with Crippen LogP contribution in [0.15, 0.2) is 63.0 Å². The smallest absolute Gasteiger partial charge is 0.250 e. The standard InChI is InChI=1S/C23H20BrN3O2S/c1-14-4-6-17(7-5-14)27-15(2)12-19(16(27)3)20-13-30-23(25-20)26-22(28)11-9-18-8-10-21(24)29-18/h4-13H,1-3H3,(H,25,26,28)/b11-9+. The summed E-state index contributed by atoms with van der Waals surface area (Å²) in [5, 5.41) is 5.33. The molecule has 0 spiro atoms. The molecule has 0 saturated heterocycles. The van der Waals surface area contributed by atoms with Gasteiger partial charge in [-0.1, -0.05) is 17.7 Å². The van der Waals surface area contributed by atoms with Gasteiger partial charge in [0.1, 0.15) is 5.76 Å². The van der Waals surface area contributed by atoms with Crippen molar-refractivity contribution in [2.75, 3.05) is 5.32 Å². The molecule has 1 aromatic carbocycles. The lowest BCUT2D eigenvalue weighted by molar-refractivity contribution is -0.111. The maximum Gasteiger partial charge on any atom is 0.250 e. The second-order valence-electron chi connectivity index (χ2n) is 6.96. The zero-order valence-corrected chi connectivity index (χ0v) is 19.2. The van der Waals surface area contributed by atoms with Crippen LogP contribution in [0.3, 0.4) is 0 Å². The summed E-state index contributed by atoms with van der Waals surface area (Å²) in [5.41, 5.74) is 6.51. The van der Waals surface area contributed by atoms with Crippen molar-refractivity contribution >= 4 is 44.4 Å². The maximum absolute atomic E-state index is 12.2. The number of nitrogens with zero attached hydrogens (tertiary/aromatic N) is 2. The topological polar surface area (TPSA) is 60.1 Å². The number of thiazole rings is 1. The van der Waals surface area contributed by atoms with E-state index in [1.54, 1.807) is 18.2 Å². The zero-order valence-electron chi connectivity index (χ0n) is 16.8. The lowest BCUT2D eigenvalue weighted by Crippen LogP contribution is -2.07. The van der Waals surface area contributed by atoms with E-state index in [-0.39, 0.29) is 5.91 Å². The number of carbonyl (C=O) groups is 1. The molecule has 0 aliphatic rings. The molecule has 0 fully saturated rings. The number of carbonyl (C=O) groups excluding carboxylic acids is 1. The van der Waals surface area contributed by atoms with Crippen molar-refractivity contribution in [3.8, 4) is 16.9 Å². The number of hydrogen-bond donors (Lipinski definition) is 1. The number of anilines is 1. The van der Waals surface area contributed by atoms with Crippen molar-refractivity contribution in [2.45, 2.75) is 20.8 Å². The highest BCUT2D eigenvalue weighted by molar-refractivity contribution is 9.10. The second-order valence-corrected chi connectivity index (χ2v) is 8.60. The third-order valence-electron chi connectivity index (χ3n) is 4.73. The Labute approximate surface area is 187 Å². The third-order valence-corrected chi connectivity index (χ3v) is 5.91. The van der Waals surface area contributed by atoms with Crippen molar-refractivity contribution < 1.29 is 9.21 Å². The van der Waals surface area contributed by atoms with E-state index in [1.165, 1.54) is 23.0 Å². The van der Waals surface area contributed by atoms with Gasteiger partial charge in [-0.15, -0.1) is 11.3 Å². The normalized spacial score (nSPS) is 11.3. The van der Waals surface area contributed by atoms with Crippen LogP contribution < -0.4 is 5.32 Å². The molecule has 4 rings (SSSR count). The van der Waals surface area contributed by atoms with E-state index in [0.29, 0.717) is 15.6 Å². The molecular formula is C23H20BrN3O2S. The van der Waals surface area contributed by atoms with Gasteiger partial charge < -0.3 is 8.98 Å². The number of aryl methyl sites for hydroxylation is 2. The Morgan fingerprint density at radius 2 is 1.93 bits per heavy atom. The lowest BCUT2D eigenvalue weighted by atomic mass is 10.2. The summed E-state index contributed by atoms with van der Waals surface area (Å²) in [4.78, 5) is 16.8. The number of benzene rings is 1. The Hall–Kier alpha value is -2.90. The SMILES string of the molecule is Cc1ccc(-n2c(C)cc(-c3csc(NC(=O)/C=C/c4ccc(Br)o4)n3)c2C)cc1. The van der Waals surface area contributed by atoms with E-state index >= 15 is 0 Å². The van der Waals surface area contributed by atoms with Gasteiger partial charge >= 0.3 is 0 Å². The molecular weight excluding hydrogens is 462 g/mol. The molecule has 0 aliphatic heterocycles. The molecule has 0 bridgehead atoms. The minimum atomic E-state index is -0.256. The average molecular weight is 482 g/mol. The number of hydrogen-bond acceptors (Lipinski definition) is 4. The van der Waals surface area contributed by atoms with Crippen LogP contribution in [-0.2, 0) is 4.79 Å². The molecule has 0 saturated carbocycles. The fourth-order valence-corrected chi connectivity index (χ4v) is 4.32. The summed E-state index contributed by atoms with van der Waals surface area (Å²) in [7, 11) is 0. The van der Waals surface area contributed by atoms with Crippen LogP contribution in [0.5, 0.6) is 0 Å². The predicted octanol–water partition coefficient (Wildman–Crippen LogP) is 6.53. The molecule has 3 heterocycles. The van der Waals surface area contributed by atoms with E-state index in [1.807, 2.05) is 5.38 Å². The number of nitrogens with one attached hydrogen (secondary N) is 1. The van der Waals surface area contributed by atoms with Crippen molar-refractivity contribution in [3.63, 3.8) is 0 Å². The molecule has 0 atom stereocenters. The van der Waals surface area contributed by atoms with Crippen molar-refractivity contribution in [2.24, 2.45) is 0 Å². The maximum atomic E-state index is 12.2. The Morgan fingerprint density at radius 3 is 2.63 bits per heavy atom. The summed E-state index contributed by atoms with van der Waals surface area (Å²) in [6, 6.07) is 14.1. The first-order valence-corrected chi connectivity index (χ1v) is 11.0. The first-order valence-electron chi connectivity index (χ1n) is 9.37. The predicted molar refractivity (Wildman–Crippen MR) is 125 cm³/mol. The minimum Gasteiger partial charge on any atom is -0.450 e. The molecule has 5 nitrogen and oxygen atoms in total. The number of aromatic nitrogens is 2. The highest BCUT2D eigenvalue weighted by Crippen LogP contribution is 2.31. The fraction of sp³-hybridized carbons (Fsp3) is 0.130. The van der Waals surface area contributed by atoms with Gasteiger partial charge in [0.05, 0.1) is 5.69 Å². The van der Waals surface area contributed by atoms with Crippen LogP contribution in [0, 0.1) is 20.8 Å². The van der Waals surface area contributed by atoms with Crippen LogP contribution >= 0.6 is 27.3 Å². The fourth-order valence-electron chi connectivity index (χ4n) is 3.29. The molecule has 30 heavy (non-hydrogen) atoms. The van der Waals surface area contributed by atoms with E-state index in [4.69, 9.17) is 4.42 Å². The molecule has 152 valence electrons. The average Bonchev–Trinajstić information content (AvgIpc) is 3.41. The quantitative estimate of drug-likeness (QED) is 0.329. The molecule has 0 radical (unpaired) electrons. The van der Waals surface area contributed by atoms with Crippen molar-refractivity contribution in [1.82, 2.24) is 9.55 Å². The Balaban J connectivity index is 1.52. The van der Waals surface area contributed by atoms with Gasteiger partial charge in [-0.25, -0.2) is 4.98 Å². The largest absolute Gasteiger partial charge is 0.450 e. The number of halogens is 1. The number of amides is 1. The molecule has 1 N–H and O–H groups in total. The van der Waals surface area contributed by atoms with Crippen LogP contribution in [-0.4, -0.2) is 15.5 Å². The van der Waals surface area contributed by atoms with Crippen molar-refractivity contribution in [1.29, 1.82) is 0 Å². The molecule has 7 heteroatoms. The monoisotopic (exact) mass is 481 g/mol. The van der Waals surface area contributed by atoms with Gasteiger partial charge in [0.15, 0.2) is 9.80 Å². The van der Waals surface area contributed by atoms with Crippen LogP contribution in [0.1, 0.15) is 22.7 Å². The van der Waals surface area contributed by atoms with Gasteiger partial charge in [0.2, 0.25) is 5.91 Å². The van der Waals surface area contributed by atoms with E-state index in [2.05, 4.69) is 81.9 Å². The van der Waals surface area contributed by atoms with Gasteiger partial charge in [-0.2, -0.15) is 0 Å².